The molecule has 0 aliphatic rings. The molecule has 0 atom stereocenters. The number of para-hydroxylation sites is 1. The highest BCUT2D eigenvalue weighted by Gasteiger charge is 2.21. The summed E-state index contributed by atoms with van der Waals surface area (Å²) in [7, 11) is 0. The summed E-state index contributed by atoms with van der Waals surface area (Å²) in [5.41, 5.74) is 1.47. The molecule has 29 heavy (non-hydrogen) atoms. The Morgan fingerprint density at radius 3 is 2.45 bits per heavy atom. The predicted molar refractivity (Wildman–Crippen MR) is 110 cm³/mol. The van der Waals surface area contributed by atoms with E-state index in [0.29, 0.717) is 17.4 Å². The standard InChI is InChI=1S/C21H20FN3O3S/c1-3-24(16-7-5-4-6-8-16)19(26)14-28-20(27)18-13-23-21(29-2)25(18)17-11-9-15(22)10-12-17/h4-13H,3,14H2,1-2H3. The van der Waals surface area contributed by atoms with Crippen LogP contribution in [0, 0.1) is 5.82 Å². The van der Waals surface area contributed by atoms with Crippen molar-refractivity contribution in [1.29, 1.82) is 0 Å². The highest BCUT2D eigenvalue weighted by atomic mass is 32.2. The van der Waals surface area contributed by atoms with Crippen LogP contribution in [0.25, 0.3) is 5.69 Å². The molecule has 3 rings (SSSR count). The Kier molecular flexibility index (Phi) is 6.66. The molecule has 0 aliphatic carbocycles. The predicted octanol–water partition coefficient (Wildman–Crippen LogP) is 3.94. The Bertz CT molecular complexity index is 990. The van der Waals surface area contributed by atoms with Gasteiger partial charge in [-0.05, 0) is 49.6 Å². The molecule has 1 aromatic heterocycles. The van der Waals surface area contributed by atoms with Crippen molar-refractivity contribution >= 4 is 29.3 Å². The van der Waals surface area contributed by atoms with Gasteiger partial charge in [-0.3, -0.25) is 9.36 Å². The third-order valence-corrected chi connectivity index (χ3v) is 4.87. The summed E-state index contributed by atoms with van der Waals surface area (Å²) >= 11 is 1.34. The van der Waals surface area contributed by atoms with E-state index in [1.165, 1.54) is 35.0 Å². The molecule has 0 aliphatic heterocycles. The molecular formula is C21H20FN3O3S. The van der Waals surface area contributed by atoms with Crippen LogP contribution in [0.4, 0.5) is 10.1 Å². The van der Waals surface area contributed by atoms with Gasteiger partial charge in [-0.2, -0.15) is 0 Å². The Hall–Kier alpha value is -3.13. The van der Waals surface area contributed by atoms with Gasteiger partial charge in [0.05, 0.1) is 6.20 Å². The van der Waals surface area contributed by atoms with E-state index >= 15 is 0 Å². The lowest BCUT2D eigenvalue weighted by molar-refractivity contribution is -0.121. The lowest BCUT2D eigenvalue weighted by Crippen LogP contribution is -2.34. The number of hydrogen-bond donors (Lipinski definition) is 0. The molecular weight excluding hydrogens is 393 g/mol. The molecule has 2 aromatic carbocycles. The summed E-state index contributed by atoms with van der Waals surface area (Å²) in [6.07, 6.45) is 3.21. The number of amides is 1. The minimum Gasteiger partial charge on any atom is -0.451 e. The van der Waals surface area contributed by atoms with Crippen LogP contribution >= 0.6 is 11.8 Å². The number of carbonyl (C=O) groups is 2. The van der Waals surface area contributed by atoms with Crippen molar-refractivity contribution in [3.8, 4) is 5.69 Å². The fraction of sp³-hybridized carbons (Fsp3) is 0.190. The third-order valence-electron chi connectivity index (χ3n) is 4.22. The van der Waals surface area contributed by atoms with Crippen molar-refractivity contribution in [2.75, 3.05) is 24.3 Å². The average molecular weight is 413 g/mol. The number of nitrogens with zero attached hydrogens (tertiary/aromatic N) is 3. The Balaban J connectivity index is 1.77. The van der Waals surface area contributed by atoms with Gasteiger partial charge in [0.15, 0.2) is 17.5 Å². The van der Waals surface area contributed by atoms with Crippen molar-refractivity contribution < 1.29 is 18.7 Å². The first-order valence-electron chi connectivity index (χ1n) is 8.95. The Morgan fingerprint density at radius 2 is 1.83 bits per heavy atom. The van der Waals surface area contributed by atoms with Crippen molar-refractivity contribution in [1.82, 2.24) is 9.55 Å². The number of benzene rings is 2. The van der Waals surface area contributed by atoms with E-state index in [1.54, 1.807) is 16.7 Å². The van der Waals surface area contributed by atoms with E-state index in [1.807, 2.05) is 43.5 Å². The largest absolute Gasteiger partial charge is 0.451 e. The number of halogens is 1. The molecule has 0 bridgehead atoms. The van der Waals surface area contributed by atoms with Gasteiger partial charge in [-0.15, -0.1) is 0 Å². The average Bonchev–Trinajstić information content (AvgIpc) is 3.18. The van der Waals surface area contributed by atoms with Crippen molar-refractivity contribution in [3.05, 3.63) is 72.3 Å². The third kappa shape index (κ3) is 4.65. The minimum absolute atomic E-state index is 0.163. The van der Waals surface area contributed by atoms with Gasteiger partial charge >= 0.3 is 5.97 Å². The highest BCUT2D eigenvalue weighted by molar-refractivity contribution is 7.98. The van der Waals surface area contributed by atoms with Crippen molar-refractivity contribution in [3.63, 3.8) is 0 Å². The molecule has 0 saturated heterocycles. The number of imidazole rings is 1. The molecule has 3 aromatic rings. The van der Waals surface area contributed by atoms with Crippen LogP contribution in [0.15, 0.2) is 66.0 Å². The first-order valence-corrected chi connectivity index (χ1v) is 10.2. The van der Waals surface area contributed by atoms with Gasteiger partial charge < -0.3 is 9.64 Å². The summed E-state index contributed by atoms with van der Waals surface area (Å²) in [6, 6.07) is 14.9. The van der Waals surface area contributed by atoms with E-state index in [9.17, 15) is 14.0 Å². The number of rotatable bonds is 7. The molecule has 0 fully saturated rings. The smallest absolute Gasteiger partial charge is 0.357 e. The molecule has 0 N–H and O–H groups in total. The Labute approximate surface area is 172 Å². The quantitative estimate of drug-likeness (QED) is 0.434. The first-order chi connectivity index (χ1) is 14.0. The molecule has 1 amide bonds. The molecule has 0 saturated carbocycles. The second kappa shape index (κ2) is 9.38. The zero-order valence-corrected chi connectivity index (χ0v) is 16.9. The van der Waals surface area contributed by atoms with Crippen molar-refractivity contribution in [2.45, 2.75) is 12.1 Å². The second-order valence-corrected chi connectivity index (χ2v) is 6.77. The summed E-state index contributed by atoms with van der Waals surface area (Å²) in [6.45, 7) is 1.90. The van der Waals surface area contributed by atoms with Gasteiger partial charge in [0.25, 0.3) is 5.91 Å². The van der Waals surface area contributed by atoms with Crippen LogP contribution in [-0.2, 0) is 9.53 Å². The summed E-state index contributed by atoms with van der Waals surface area (Å²) in [5.74, 6) is -1.39. The van der Waals surface area contributed by atoms with Crippen molar-refractivity contribution in [2.24, 2.45) is 0 Å². The number of ether oxygens (including phenoxy) is 1. The topological polar surface area (TPSA) is 64.4 Å². The number of likely N-dealkylation sites (N-methyl/N-ethyl adjacent to an activating group) is 1. The van der Waals surface area contributed by atoms with Crippen LogP contribution in [0.1, 0.15) is 17.4 Å². The van der Waals surface area contributed by atoms with E-state index in [-0.39, 0.29) is 17.4 Å². The zero-order chi connectivity index (χ0) is 20.8. The molecule has 0 spiro atoms. The number of aromatic nitrogens is 2. The maximum absolute atomic E-state index is 13.3. The van der Waals surface area contributed by atoms with E-state index in [2.05, 4.69) is 4.98 Å². The fourth-order valence-corrected chi connectivity index (χ4v) is 3.40. The van der Waals surface area contributed by atoms with E-state index in [4.69, 9.17) is 4.74 Å². The second-order valence-electron chi connectivity index (χ2n) is 5.99. The number of thioether (sulfide) groups is 1. The molecule has 1 heterocycles. The van der Waals surface area contributed by atoms with Gasteiger partial charge in [0.1, 0.15) is 5.82 Å². The van der Waals surface area contributed by atoms with Gasteiger partial charge in [-0.25, -0.2) is 14.2 Å². The van der Waals surface area contributed by atoms with Crippen LogP contribution in [0.2, 0.25) is 0 Å². The molecule has 0 radical (unpaired) electrons. The molecule has 0 unspecified atom stereocenters. The van der Waals surface area contributed by atoms with Gasteiger partial charge in [0.2, 0.25) is 0 Å². The van der Waals surface area contributed by atoms with Crippen LogP contribution in [0.3, 0.4) is 0 Å². The summed E-state index contributed by atoms with van der Waals surface area (Å²) in [5, 5.41) is 0.550. The normalized spacial score (nSPS) is 10.6. The van der Waals surface area contributed by atoms with Crippen LogP contribution < -0.4 is 4.90 Å². The summed E-state index contributed by atoms with van der Waals surface area (Å²) in [4.78, 5) is 31.0. The number of carbonyl (C=O) groups excluding carboxylic acids is 2. The SMILES string of the molecule is CCN(C(=O)COC(=O)c1cnc(SC)n1-c1ccc(F)cc1)c1ccccc1. The van der Waals surface area contributed by atoms with Crippen LogP contribution in [0.5, 0.6) is 0 Å². The fourth-order valence-electron chi connectivity index (χ4n) is 2.85. The van der Waals surface area contributed by atoms with Gasteiger partial charge in [-0.1, -0.05) is 30.0 Å². The van der Waals surface area contributed by atoms with E-state index in [0.717, 1.165) is 5.69 Å². The van der Waals surface area contributed by atoms with E-state index < -0.39 is 12.6 Å². The van der Waals surface area contributed by atoms with Gasteiger partial charge in [0, 0.05) is 17.9 Å². The maximum atomic E-state index is 13.3. The monoisotopic (exact) mass is 413 g/mol. The number of hydrogen-bond acceptors (Lipinski definition) is 5. The zero-order valence-electron chi connectivity index (χ0n) is 16.0. The Morgan fingerprint density at radius 1 is 1.14 bits per heavy atom. The summed E-state index contributed by atoms with van der Waals surface area (Å²) < 4.78 is 20.1. The number of esters is 1. The molecule has 150 valence electrons. The lowest BCUT2D eigenvalue weighted by Gasteiger charge is -2.20. The molecule has 6 nitrogen and oxygen atoms in total. The highest BCUT2D eigenvalue weighted by Crippen LogP contribution is 2.22. The molecule has 8 heteroatoms. The number of anilines is 1. The maximum Gasteiger partial charge on any atom is 0.357 e. The first kappa shape index (κ1) is 20.6. The minimum atomic E-state index is -0.681. The lowest BCUT2D eigenvalue weighted by atomic mass is 10.3. The van der Waals surface area contributed by atoms with Crippen LogP contribution in [-0.4, -0.2) is 40.8 Å².